The van der Waals surface area contributed by atoms with Gasteiger partial charge in [0.15, 0.2) is 0 Å². The van der Waals surface area contributed by atoms with Crippen molar-refractivity contribution in [3.05, 3.63) is 35.9 Å². The molecule has 154 valence electrons. The van der Waals surface area contributed by atoms with Gasteiger partial charge in [0, 0.05) is 6.42 Å². The van der Waals surface area contributed by atoms with E-state index >= 15 is 0 Å². The molecule has 2 atom stereocenters. The van der Waals surface area contributed by atoms with E-state index in [1.807, 2.05) is 6.92 Å². The predicted molar refractivity (Wildman–Crippen MR) is 101 cm³/mol. The highest BCUT2D eigenvalue weighted by atomic mass is 16.4. The summed E-state index contributed by atoms with van der Waals surface area (Å²) in [5.41, 5.74) is 8.32. The van der Waals surface area contributed by atoms with Crippen LogP contribution in [-0.2, 0) is 25.6 Å². The van der Waals surface area contributed by atoms with Crippen LogP contribution in [0.1, 0.15) is 44.6 Å². The lowest BCUT2D eigenvalue weighted by atomic mass is 10.1. The van der Waals surface area contributed by atoms with Gasteiger partial charge in [0.2, 0.25) is 11.8 Å². The van der Waals surface area contributed by atoms with Gasteiger partial charge in [0.05, 0.1) is 6.42 Å². The van der Waals surface area contributed by atoms with Crippen LogP contribution in [0.25, 0.3) is 0 Å². The summed E-state index contributed by atoms with van der Waals surface area (Å²) in [6, 6.07) is 6.12. The summed E-state index contributed by atoms with van der Waals surface area (Å²) >= 11 is 0. The van der Waals surface area contributed by atoms with E-state index < -0.39 is 35.8 Å². The van der Waals surface area contributed by atoms with Crippen molar-refractivity contribution in [3.63, 3.8) is 0 Å². The second-order valence-electron chi connectivity index (χ2n) is 6.45. The third kappa shape index (κ3) is 7.75. The molecule has 5 N–H and O–H groups in total. The second-order valence-corrected chi connectivity index (χ2v) is 6.45. The first kappa shape index (κ1) is 23.1. The smallest absolute Gasteiger partial charge is 0.328 e. The molecule has 0 aliphatic carbocycles. The van der Waals surface area contributed by atoms with Crippen molar-refractivity contribution < 1.29 is 29.4 Å². The van der Waals surface area contributed by atoms with E-state index in [0.29, 0.717) is 12.0 Å². The van der Waals surface area contributed by atoms with E-state index in [9.17, 15) is 29.4 Å². The van der Waals surface area contributed by atoms with Crippen molar-refractivity contribution in [2.45, 2.75) is 57.5 Å². The molecule has 0 aliphatic heterocycles. The first-order valence-electron chi connectivity index (χ1n) is 9.12. The Kier molecular flexibility index (Phi) is 9.66. The van der Waals surface area contributed by atoms with E-state index in [1.165, 1.54) is 0 Å². The molecule has 2 amide bonds. The van der Waals surface area contributed by atoms with Crippen LogP contribution in [0.2, 0.25) is 0 Å². The largest absolute Gasteiger partial charge is 0.480 e. The summed E-state index contributed by atoms with van der Waals surface area (Å²) in [5, 5.41) is 19.8. The van der Waals surface area contributed by atoms with Crippen molar-refractivity contribution in [2.24, 2.45) is 5.73 Å². The maximum Gasteiger partial charge on any atom is 0.328 e. The number of nitrogens with one attached hydrogen (secondary N) is 1. The minimum atomic E-state index is -1.42. The highest BCUT2D eigenvalue weighted by Crippen LogP contribution is 2.12. The third-order valence-electron chi connectivity index (χ3n) is 4.17. The van der Waals surface area contributed by atoms with Gasteiger partial charge in [0.1, 0.15) is 12.1 Å². The van der Waals surface area contributed by atoms with Gasteiger partial charge < -0.3 is 15.9 Å². The average molecular weight is 393 g/mol. The Labute approximate surface area is 163 Å². The molecule has 0 saturated carbocycles. The lowest BCUT2D eigenvalue weighted by Gasteiger charge is -2.32. The summed E-state index contributed by atoms with van der Waals surface area (Å²) in [5.74, 6) is -3.85. The normalized spacial score (nSPS) is 12.8. The Morgan fingerprint density at radius 3 is 2.21 bits per heavy atom. The van der Waals surface area contributed by atoms with Crippen LogP contribution in [0.15, 0.2) is 30.3 Å². The van der Waals surface area contributed by atoms with Crippen LogP contribution >= 0.6 is 0 Å². The summed E-state index contributed by atoms with van der Waals surface area (Å²) in [4.78, 5) is 47.2. The van der Waals surface area contributed by atoms with Crippen LogP contribution < -0.4 is 11.2 Å². The molecule has 1 unspecified atom stereocenters. The molecule has 1 rings (SSSR count). The van der Waals surface area contributed by atoms with E-state index in [1.54, 1.807) is 30.3 Å². The molecule has 0 fully saturated rings. The van der Waals surface area contributed by atoms with Gasteiger partial charge in [0.25, 0.3) is 0 Å². The molecule has 0 bridgehead atoms. The van der Waals surface area contributed by atoms with Crippen LogP contribution in [0.5, 0.6) is 0 Å². The molecule has 1 aromatic carbocycles. The van der Waals surface area contributed by atoms with E-state index in [2.05, 4.69) is 5.43 Å². The Morgan fingerprint density at radius 2 is 1.71 bits per heavy atom. The van der Waals surface area contributed by atoms with Gasteiger partial charge in [-0.3, -0.25) is 19.4 Å². The quantitative estimate of drug-likeness (QED) is 0.364. The molecule has 0 aromatic heterocycles. The molecule has 9 heteroatoms. The highest BCUT2D eigenvalue weighted by molar-refractivity contribution is 5.86. The van der Waals surface area contributed by atoms with E-state index in [0.717, 1.165) is 11.4 Å². The van der Waals surface area contributed by atoms with Crippen LogP contribution in [0.4, 0.5) is 0 Å². The molecule has 1 aromatic rings. The molecule has 9 nitrogen and oxygen atoms in total. The number of carboxylic acid groups (broad SMARTS) is 2. The number of nitrogens with two attached hydrogens (primary N) is 1. The van der Waals surface area contributed by atoms with Gasteiger partial charge in [-0.25, -0.2) is 10.2 Å². The third-order valence-corrected chi connectivity index (χ3v) is 4.17. The Hall–Kier alpha value is -2.94. The van der Waals surface area contributed by atoms with Gasteiger partial charge >= 0.3 is 11.9 Å². The fourth-order valence-corrected chi connectivity index (χ4v) is 2.65. The number of carbonyl (C=O) groups excluding carboxylic acids is 2. The SMILES string of the molecule is CCCCC(NN(C(=O)Cc1ccccc1)[C@@H](CCC(N)=O)C(=O)O)C(=O)O. The lowest BCUT2D eigenvalue weighted by molar-refractivity contribution is -0.157. The zero-order valence-electron chi connectivity index (χ0n) is 15.8. The number of benzene rings is 1. The molecule has 0 aliphatic rings. The van der Waals surface area contributed by atoms with Gasteiger partial charge in [-0.05, 0) is 18.4 Å². The van der Waals surface area contributed by atoms with Crippen molar-refractivity contribution in [3.8, 4) is 0 Å². The summed E-state index contributed by atoms with van der Waals surface area (Å²) in [6.45, 7) is 1.89. The van der Waals surface area contributed by atoms with Gasteiger partial charge in [-0.2, -0.15) is 0 Å². The molecular weight excluding hydrogens is 366 g/mol. The summed E-state index contributed by atoms with van der Waals surface area (Å²) < 4.78 is 0. The molecular formula is C19H27N3O6. The standard InChI is InChI=1S/C19H27N3O6/c1-2-3-9-14(18(25)26)21-22(15(19(27)28)10-11-16(20)23)17(24)12-13-7-5-4-6-8-13/h4-8,14-15,21H,2-3,9-12H2,1H3,(H2,20,23)(H,25,26)(H,27,28)/t14?,15-/m0/s1. The number of rotatable bonds is 13. The molecule has 0 saturated heterocycles. The minimum absolute atomic E-state index is 0.117. The van der Waals surface area contributed by atoms with Gasteiger partial charge in [-0.1, -0.05) is 50.1 Å². The number of unbranched alkanes of at least 4 members (excludes halogenated alkanes) is 1. The van der Waals surface area contributed by atoms with Crippen LogP contribution in [0, 0.1) is 0 Å². The Bertz CT molecular complexity index is 680. The maximum atomic E-state index is 12.8. The summed E-state index contributed by atoms with van der Waals surface area (Å²) in [7, 11) is 0. The lowest BCUT2D eigenvalue weighted by Crippen LogP contribution is -2.58. The fraction of sp³-hybridized carbons (Fsp3) is 0.474. The predicted octanol–water partition coefficient (Wildman–Crippen LogP) is 0.924. The highest BCUT2D eigenvalue weighted by Gasteiger charge is 2.33. The first-order valence-corrected chi connectivity index (χ1v) is 9.12. The molecule has 0 radical (unpaired) electrons. The zero-order valence-corrected chi connectivity index (χ0v) is 15.8. The number of carbonyl (C=O) groups is 4. The maximum absolute atomic E-state index is 12.8. The zero-order chi connectivity index (χ0) is 21.1. The monoisotopic (exact) mass is 393 g/mol. The number of amides is 2. The summed E-state index contributed by atoms with van der Waals surface area (Å²) in [6.07, 6.45) is 0.966. The fourth-order valence-electron chi connectivity index (χ4n) is 2.65. The van der Waals surface area contributed by atoms with E-state index in [-0.39, 0.29) is 25.7 Å². The topological polar surface area (TPSA) is 150 Å². The number of nitrogens with zero attached hydrogens (tertiary/aromatic N) is 1. The number of hydrazine groups is 1. The number of hydrogen-bond acceptors (Lipinski definition) is 5. The van der Waals surface area contributed by atoms with Crippen molar-refractivity contribution in [1.82, 2.24) is 10.4 Å². The second kappa shape index (κ2) is 11.7. The molecule has 0 heterocycles. The van der Waals surface area contributed by atoms with Crippen LogP contribution in [0.3, 0.4) is 0 Å². The molecule has 28 heavy (non-hydrogen) atoms. The average Bonchev–Trinajstić information content (AvgIpc) is 2.63. The van der Waals surface area contributed by atoms with Gasteiger partial charge in [-0.15, -0.1) is 0 Å². The number of aliphatic carboxylic acids is 2. The van der Waals surface area contributed by atoms with E-state index in [4.69, 9.17) is 5.73 Å². The van der Waals surface area contributed by atoms with Crippen molar-refractivity contribution in [1.29, 1.82) is 0 Å². The Balaban J connectivity index is 3.10. The van der Waals surface area contributed by atoms with Crippen LogP contribution in [-0.4, -0.2) is 51.1 Å². The molecule has 0 spiro atoms. The van der Waals surface area contributed by atoms with Crippen molar-refractivity contribution in [2.75, 3.05) is 0 Å². The first-order chi connectivity index (χ1) is 13.3. The number of hydrogen-bond donors (Lipinski definition) is 4. The number of primary amides is 1. The minimum Gasteiger partial charge on any atom is -0.480 e. The Morgan fingerprint density at radius 1 is 1.07 bits per heavy atom. The van der Waals surface area contributed by atoms with Crippen molar-refractivity contribution >= 4 is 23.8 Å². The number of carboxylic acids is 2.